The van der Waals surface area contributed by atoms with Gasteiger partial charge in [-0.25, -0.2) is 4.98 Å². The second-order valence-corrected chi connectivity index (χ2v) is 8.72. The van der Waals surface area contributed by atoms with Crippen LogP contribution in [0.4, 0.5) is 0 Å². The molecule has 0 bridgehead atoms. The van der Waals surface area contributed by atoms with Crippen molar-refractivity contribution in [1.29, 1.82) is 0 Å². The molecule has 4 aromatic rings. The number of carboxylic acids is 1. The summed E-state index contributed by atoms with van der Waals surface area (Å²) in [6.07, 6.45) is 0.643. The Morgan fingerprint density at radius 3 is 2.61 bits per heavy atom. The van der Waals surface area contributed by atoms with Gasteiger partial charge in [-0.05, 0) is 41.6 Å². The second-order valence-electron chi connectivity index (χ2n) is 7.77. The Morgan fingerprint density at radius 1 is 1.06 bits per heavy atom. The fraction of sp³-hybridized carbons (Fsp3) is 0.231. The number of aliphatic carboxylic acids is 1. The van der Waals surface area contributed by atoms with E-state index in [1.165, 1.54) is 0 Å². The number of oxazole rings is 1. The van der Waals surface area contributed by atoms with Gasteiger partial charge in [-0.2, -0.15) is 0 Å². The van der Waals surface area contributed by atoms with E-state index in [0.717, 1.165) is 33.2 Å². The first-order chi connectivity index (χ1) is 16.1. The molecule has 2 heterocycles. The number of thiophene rings is 1. The van der Waals surface area contributed by atoms with Gasteiger partial charge in [0.1, 0.15) is 11.5 Å². The highest BCUT2D eigenvalue weighted by molar-refractivity contribution is 7.13. The zero-order valence-corrected chi connectivity index (χ0v) is 19.3. The third-order valence-corrected chi connectivity index (χ3v) is 6.00. The Hall–Kier alpha value is -3.42. The van der Waals surface area contributed by atoms with Crippen molar-refractivity contribution in [2.75, 3.05) is 13.2 Å². The Bertz CT molecular complexity index is 1170. The fourth-order valence-corrected chi connectivity index (χ4v) is 4.27. The summed E-state index contributed by atoms with van der Waals surface area (Å²) in [4.78, 5) is 18.9. The van der Waals surface area contributed by atoms with E-state index in [2.05, 4.69) is 4.98 Å². The van der Waals surface area contributed by atoms with Crippen molar-refractivity contribution in [2.24, 2.45) is 0 Å². The topological polar surface area (TPSA) is 75.8 Å². The van der Waals surface area contributed by atoms with Crippen molar-refractivity contribution < 1.29 is 19.1 Å². The average molecular weight is 463 g/mol. The van der Waals surface area contributed by atoms with Crippen LogP contribution in [0.25, 0.3) is 10.8 Å². The highest BCUT2D eigenvalue weighted by Gasteiger charge is 2.13. The van der Waals surface area contributed by atoms with Crippen molar-refractivity contribution in [3.63, 3.8) is 0 Å². The van der Waals surface area contributed by atoms with Crippen molar-refractivity contribution in [1.82, 2.24) is 9.88 Å². The Morgan fingerprint density at radius 2 is 1.85 bits per heavy atom. The predicted molar refractivity (Wildman–Crippen MR) is 128 cm³/mol. The molecule has 0 aliphatic carbocycles. The molecule has 4 rings (SSSR count). The first-order valence-corrected chi connectivity index (χ1v) is 11.6. The zero-order chi connectivity index (χ0) is 23.0. The summed E-state index contributed by atoms with van der Waals surface area (Å²) in [6.45, 7) is 3.45. The van der Waals surface area contributed by atoms with E-state index >= 15 is 0 Å². The number of ether oxygens (including phenoxy) is 1. The Balaban J connectivity index is 1.35. The molecule has 2 aromatic heterocycles. The number of aryl methyl sites for hydroxylation is 1. The quantitative estimate of drug-likeness (QED) is 0.321. The van der Waals surface area contributed by atoms with Crippen LogP contribution in [0.15, 0.2) is 76.5 Å². The summed E-state index contributed by atoms with van der Waals surface area (Å²) < 4.78 is 11.8. The molecule has 0 aliphatic rings. The maximum absolute atomic E-state index is 11.4. The lowest BCUT2D eigenvalue weighted by Crippen LogP contribution is -2.28. The summed E-state index contributed by atoms with van der Waals surface area (Å²) in [6, 6.07) is 21.7. The molecular weight excluding hydrogens is 436 g/mol. The van der Waals surface area contributed by atoms with Crippen molar-refractivity contribution in [2.45, 2.75) is 26.4 Å². The van der Waals surface area contributed by atoms with E-state index in [4.69, 9.17) is 9.15 Å². The minimum Gasteiger partial charge on any atom is -0.493 e. The van der Waals surface area contributed by atoms with Gasteiger partial charge in [0.05, 0.1) is 23.7 Å². The first-order valence-electron chi connectivity index (χ1n) is 10.8. The fourth-order valence-electron chi connectivity index (χ4n) is 3.62. The number of hydrogen-bond acceptors (Lipinski definition) is 6. The Labute approximate surface area is 197 Å². The highest BCUT2D eigenvalue weighted by atomic mass is 32.1. The van der Waals surface area contributed by atoms with Gasteiger partial charge in [0.25, 0.3) is 0 Å². The molecule has 0 spiro atoms. The van der Waals surface area contributed by atoms with Crippen LogP contribution in [0.5, 0.6) is 5.75 Å². The molecular formula is C26H26N2O4S. The molecule has 2 aromatic carbocycles. The monoisotopic (exact) mass is 462 g/mol. The number of aromatic nitrogens is 1. The number of benzene rings is 2. The minimum absolute atomic E-state index is 0.0298. The van der Waals surface area contributed by atoms with Crippen LogP contribution in [0.1, 0.15) is 22.6 Å². The van der Waals surface area contributed by atoms with Crippen LogP contribution in [-0.2, 0) is 24.3 Å². The second kappa shape index (κ2) is 10.9. The summed E-state index contributed by atoms with van der Waals surface area (Å²) in [7, 11) is 0. The lowest BCUT2D eigenvalue weighted by molar-refractivity contribution is -0.138. The molecule has 170 valence electrons. The molecule has 0 atom stereocenters. The molecule has 0 fully saturated rings. The van der Waals surface area contributed by atoms with E-state index in [1.54, 1.807) is 11.3 Å². The number of carboxylic acid groups (broad SMARTS) is 1. The standard InChI is InChI=1S/C26H26N2O4S/c1-19-23(27-26(32-19)24-11-6-14-33-24)12-13-31-22-10-5-9-21(15-22)17-28(18-25(29)30)16-20-7-3-2-4-8-20/h2-11,14-15H,12-13,16-18H2,1H3,(H,29,30). The summed E-state index contributed by atoms with van der Waals surface area (Å²) in [5.41, 5.74) is 2.98. The van der Waals surface area contributed by atoms with Gasteiger partial charge >= 0.3 is 5.97 Å². The van der Waals surface area contributed by atoms with E-state index in [1.807, 2.05) is 83.9 Å². The molecule has 0 saturated carbocycles. The third kappa shape index (κ3) is 6.54. The van der Waals surface area contributed by atoms with Gasteiger partial charge in [0.2, 0.25) is 5.89 Å². The number of carbonyl (C=O) groups is 1. The largest absolute Gasteiger partial charge is 0.493 e. The van der Waals surface area contributed by atoms with Crippen molar-refractivity contribution in [3.05, 3.63) is 94.7 Å². The van der Waals surface area contributed by atoms with Gasteiger partial charge in [0, 0.05) is 19.5 Å². The molecule has 6 nitrogen and oxygen atoms in total. The number of hydrogen-bond donors (Lipinski definition) is 1. The lowest BCUT2D eigenvalue weighted by atomic mass is 10.1. The van der Waals surface area contributed by atoms with Crippen molar-refractivity contribution >= 4 is 17.3 Å². The van der Waals surface area contributed by atoms with Gasteiger partial charge in [0.15, 0.2) is 0 Å². The van der Waals surface area contributed by atoms with Crippen LogP contribution in [0, 0.1) is 6.92 Å². The molecule has 7 heteroatoms. The molecule has 33 heavy (non-hydrogen) atoms. The van der Waals surface area contributed by atoms with Crippen LogP contribution >= 0.6 is 11.3 Å². The number of nitrogens with zero attached hydrogens (tertiary/aromatic N) is 2. The number of rotatable bonds is 11. The SMILES string of the molecule is Cc1oc(-c2cccs2)nc1CCOc1cccc(CN(CC(=O)O)Cc2ccccc2)c1. The van der Waals surface area contributed by atoms with Gasteiger partial charge in [-0.15, -0.1) is 11.3 Å². The smallest absolute Gasteiger partial charge is 0.317 e. The summed E-state index contributed by atoms with van der Waals surface area (Å²) in [5.74, 6) is 1.36. The minimum atomic E-state index is -0.844. The van der Waals surface area contributed by atoms with E-state index < -0.39 is 5.97 Å². The van der Waals surface area contributed by atoms with Crippen LogP contribution in [-0.4, -0.2) is 34.1 Å². The molecule has 0 aliphatic heterocycles. The predicted octanol–water partition coefficient (Wildman–Crippen LogP) is 5.42. The van der Waals surface area contributed by atoms with Crippen molar-refractivity contribution in [3.8, 4) is 16.5 Å². The van der Waals surface area contributed by atoms with Gasteiger partial charge < -0.3 is 14.3 Å². The van der Waals surface area contributed by atoms with Crippen LogP contribution in [0.3, 0.4) is 0 Å². The lowest BCUT2D eigenvalue weighted by Gasteiger charge is -2.21. The normalized spacial score (nSPS) is 11.1. The maximum Gasteiger partial charge on any atom is 0.317 e. The molecule has 0 amide bonds. The first kappa shape index (κ1) is 22.8. The molecule has 1 N–H and O–H groups in total. The Kier molecular flexibility index (Phi) is 7.55. The van der Waals surface area contributed by atoms with Crippen LogP contribution < -0.4 is 4.74 Å². The molecule has 0 radical (unpaired) electrons. The summed E-state index contributed by atoms with van der Waals surface area (Å²) in [5, 5.41) is 11.3. The summed E-state index contributed by atoms with van der Waals surface area (Å²) >= 11 is 1.60. The van der Waals surface area contributed by atoms with E-state index in [9.17, 15) is 9.90 Å². The van der Waals surface area contributed by atoms with E-state index in [0.29, 0.717) is 32.0 Å². The van der Waals surface area contributed by atoms with Gasteiger partial charge in [-0.3, -0.25) is 9.69 Å². The third-order valence-electron chi connectivity index (χ3n) is 5.14. The van der Waals surface area contributed by atoms with Gasteiger partial charge in [-0.1, -0.05) is 48.5 Å². The molecule has 0 unspecified atom stereocenters. The highest BCUT2D eigenvalue weighted by Crippen LogP contribution is 2.26. The van der Waals surface area contributed by atoms with E-state index in [-0.39, 0.29) is 6.54 Å². The maximum atomic E-state index is 11.4. The molecule has 0 saturated heterocycles. The zero-order valence-electron chi connectivity index (χ0n) is 18.4. The van der Waals surface area contributed by atoms with Crippen LogP contribution in [0.2, 0.25) is 0 Å². The average Bonchev–Trinajstić information content (AvgIpc) is 3.45.